The summed E-state index contributed by atoms with van der Waals surface area (Å²) in [5.41, 5.74) is -0.0510. The van der Waals surface area contributed by atoms with Crippen molar-refractivity contribution in [1.82, 2.24) is 0 Å². The van der Waals surface area contributed by atoms with Crippen LogP contribution in [0.15, 0.2) is 24.3 Å². The summed E-state index contributed by atoms with van der Waals surface area (Å²) in [7, 11) is 0. The molecule has 78 valence electrons. The van der Waals surface area contributed by atoms with Crippen LogP contribution < -0.4 is 0 Å². The largest absolute Gasteiger partial charge is 0.508 e. The van der Waals surface area contributed by atoms with Gasteiger partial charge in [0, 0.05) is 11.6 Å². The van der Waals surface area contributed by atoms with Gasteiger partial charge in [-0.25, -0.2) is 4.79 Å². The molecule has 0 unspecified atom stereocenters. The van der Waals surface area contributed by atoms with E-state index in [9.17, 15) is 4.79 Å². The standard InChI is InChI=1S/C8H7ClO3.C2H6/c9-8(11)12-5-6-1-3-7(10)4-2-6;1-2/h1-4,10H,5H2;1-2H3. The summed E-state index contributed by atoms with van der Waals surface area (Å²) in [6.07, 6.45) is 0. The molecule has 0 amide bonds. The molecule has 0 bridgehead atoms. The van der Waals surface area contributed by atoms with E-state index in [-0.39, 0.29) is 12.4 Å². The first-order valence-electron chi connectivity index (χ1n) is 4.28. The molecule has 0 atom stereocenters. The van der Waals surface area contributed by atoms with Gasteiger partial charge < -0.3 is 9.84 Å². The third-order valence-corrected chi connectivity index (χ3v) is 1.40. The Bertz CT molecular complexity index is 269. The Morgan fingerprint density at radius 3 is 2.29 bits per heavy atom. The van der Waals surface area contributed by atoms with Crippen LogP contribution in [-0.4, -0.2) is 10.5 Å². The second-order valence-corrected chi connectivity index (χ2v) is 2.50. The highest BCUT2D eigenvalue weighted by molar-refractivity contribution is 6.61. The number of rotatable bonds is 2. The highest BCUT2D eigenvalue weighted by Crippen LogP contribution is 2.10. The maximum absolute atomic E-state index is 10.2. The second-order valence-electron chi connectivity index (χ2n) is 2.19. The predicted molar refractivity (Wildman–Crippen MR) is 55.5 cm³/mol. The lowest BCUT2D eigenvalue weighted by molar-refractivity contribution is 0.167. The molecule has 1 aromatic rings. The number of hydrogen-bond acceptors (Lipinski definition) is 3. The van der Waals surface area contributed by atoms with Crippen molar-refractivity contribution < 1.29 is 14.6 Å². The summed E-state index contributed by atoms with van der Waals surface area (Å²) in [6.45, 7) is 4.13. The van der Waals surface area contributed by atoms with Crippen molar-refractivity contribution >= 4 is 17.0 Å². The SMILES string of the molecule is CC.O=C(Cl)OCc1ccc(O)cc1. The molecular formula is C10H13ClO3. The Morgan fingerprint density at radius 1 is 1.36 bits per heavy atom. The predicted octanol–water partition coefficient (Wildman–Crippen LogP) is 3.29. The van der Waals surface area contributed by atoms with Gasteiger partial charge >= 0.3 is 5.43 Å². The Kier molecular flexibility index (Phi) is 6.58. The van der Waals surface area contributed by atoms with Gasteiger partial charge in [0.2, 0.25) is 0 Å². The van der Waals surface area contributed by atoms with Crippen molar-refractivity contribution in [3.8, 4) is 5.75 Å². The maximum atomic E-state index is 10.2. The number of hydrogen-bond donors (Lipinski definition) is 1. The quantitative estimate of drug-likeness (QED) is 0.772. The average molecular weight is 217 g/mol. The normalized spacial score (nSPS) is 8.50. The van der Waals surface area contributed by atoms with Gasteiger partial charge in [0.15, 0.2) is 0 Å². The lowest BCUT2D eigenvalue weighted by atomic mass is 10.2. The highest BCUT2D eigenvalue weighted by Gasteiger charge is 1.97. The van der Waals surface area contributed by atoms with E-state index in [2.05, 4.69) is 4.74 Å². The number of halogens is 1. The zero-order valence-corrected chi connectivity index (χ0v) is 8.91. The molecule has 1 N–H and O–H groups in total. The van der Waals surface area contributed by atoms with Gasteiger partial charge in [-0.2, -0.15) is 0 Å². The van der Waals surface area contributed by atoms with Crippen molar-refractivity contribution in [3.63, 3.8) is 0 Å². The smallest absolute Gasteiger partial charge is 0.404 e. The fraction of sp³-hybridized carbons (Fsp3) is 0.300. The number of carbonyl (C=O) groups excluding carboxylic acids is 1. The molecule has 1 rings (SSSR count). The van der Waals surface area contributed by atoms with E-state index in [4.69, 9.17) is 16.7 Å². The fourth-order valence-corrected chi connectivity index (χ4v) is 0.787. The number of carbonyl (C=O) groups is 1. The number of aromatic hydroxyl groups is 1. The number of ether oxygens (including phenoxy) is 1. The molecule has 0 heterocycles. The van der Waals surface area contributed by atoms with Crippen LogP contribution in [-0.2, 0) is 11.3 Å². The summed E-state index contributed by atoms with van der Waals surface area (Å²) in [6, 6.07) is 6.32. The molecule has 0 spiro atoms. The van der Waals surface area contributed by atoms with Crippen LogP contribution in [0, 0.1) is 0 Å². The van der Waals surface area contributed by atoms with Crippen LogP contribution in [0.3, 0.4) is 0 Å². The Balaban J connectivity index is 0.000000791. The fourth-order valence-electron chi connectivity index (χ4n) is 0.732. The maximum Gasteiger partial charge on any atom is 0.404 e. The lowest BCUT2D eigenvalue weighted by Gasteiger charge is -1.99. The molecule has 0 saturated heterocycles. The average Bonchev–Trinajstić information content (AvgIpc) is 2.20. The van der Waals surface area contributed by atoms with Crippen molar-refractivity contribution in [3.05, 3.63) is 29.8 Å². The van der Waals surface area contributed by atoms with Crippen molar-refractivity contribution in [2.24, 2.45) is 0 Å². The van der Waals surface area contributed by atoms with Crippen LogP contribution in [0.4, 0.5) is 4.79 Å². The van der Waals surface area contributed by atoms with Crippen LogP contribution in [0.25, 0.3) is 0 Å². The van der Waals surface area contributed by atoms with Gasteiger partial charge in [0.05, 0.1) is 0 Å². The topological polar surface area (TPSA) is 46.5 Å². The zero-order valence-electron chi connectivity index (χ0n) is 8.16. The number of benzene rings is 1. The van der Waals surface area contributed by atoms with Gasteiger partial charge in [0.1, 0.15) is 12.4 Å². The van der Waals surface area contributed by atoms with Crippen LogP contribution in [0.5, 0.6) is 5.75 Å². The first-order chi connectivity index (χ1) is 6.68. The number of phenolic OH excluding ortho intramolecular Hbond substituents is 1. The van der Waals surface area contributed by atoms with Gasteiger partial charge in [0.25, 0.3) is 0 Å². The molecule has 4 heteroatoms. The summed E-state index contributed by atoms with van der Waals surface area (Å²) >= 11 is 4.95. The molecular weight excluding hydrogens is 204 g/mol. The second kappa shape index (κ2) is 7.21. The van der Waals surface area contributed by atoms with Gasteiger partial charge in [-0.05, 0) is 17.7 Å². The molecule has 1 aromatic carbocycles. The minimum atomic E-state index is -0.830. The molecule has 3 nitrogen and oxygen atoms in total. The molecule has 0 saturated carbocycles. The van der Waals surface area contributed by atoms with E-state index in [0.29, 0.717) is 0 Å². The van der Waals surface area contributed by atoms with Gasteiger partial charge in [-0.15, -0.1) is 0 Å². The van der Waals surface area contributed by atoms with E-state index >= 15 is 0 Å². The van der Waals surface area contributed by atoms with E-state index in [0.717, 1.165) is 5.56 Å². The molecule has 0 aliphatic carbocycles. The third kappa shape index (κ3) is 5.43. The highest BCUT2D eigenvalue weighted by atomic mass is 35.5. The van der Waals surface area contributed by atoms with Gasteiger partial charge in [-0.3, -0.25) is 0 Å². The van der Waals surface area contributed by atoms with Crippen LogP contribution in [0.2, 0.25) is 0 Å². The van der Waals surface area contributed by atoms with Gasteiger partial charge in [-0.1, -0.05) is 26.0 Å². The minimum Gasteiger partial charge on any atom is -0.508 e. The Morgan fingerprint density at radius 2 is 1.86 bits per heavy atom. The number of phenols is 1. The first kappa shape index (κ1) is 12.8. The summed E-state index contributed by atoms with van der Waals surface area (Å²) in [5.74, 6) is 0.177. The van der Waals surface area contributed by atoms with Crippen molar-refractivity contribution in [1.29, 1.82) is 0 Å². The third-order valence-electron chi connectivity index (χ3n) is 1.29. The first-order valence-corrected chi connectivity index (χ1v) is 4.66. The molecule has 0 aliphatic heterocycles. The lowest BCUT2D eigenvalue weighted by Crippen LogP contribution is -1.93. The molecule has 0 radical (unpaired) electrons. The summed E-state index contributed by atoms with van der Waals surface area (Å²) < 4.78 is 4.51. The van der Waals surface area contributed by atoms with Crippen LogP contribution >= 0.6 is 11.6 Å². The molecule has 14 heavy (non-hydrogen) atoms. The summed E-state index contributed by atoms with van der Waals surface area (Å²) in [4.78, 5) is 10.2. The molecule has 0 aromatic heterocycles. The minimum absolute atomic E-state index is 0.128. The Hall–Kier alpha value is -1.22. The Labute approximate surface area is 88.3 Å². The monoisotopic (exact) mass is 216 g/mol. The van der Waals surface area contributed by atoms with E-state index in [1.165, 1.54) is 12.1 Å². The molecule has 0 aliphatic rings. The van der Waals surface area contributed by atoms with E-state index in [1.54, 1.807) is 12.1 Å². The molecule has 0 fully saturated rings. The van der Waals surface area contributed by atoms with E-state index in [1.807, 2.05) is 13.8 Å². The van der Waals surface area contributed by atoms with E-state index < -0.39 is 5.43 Å². The van der Waals surface area contributed by atoms with Crippen molar-refractivity contribution in [2.75, 3.05) is 0 Å². The summed E-state index contributed by atoms with van der Waals surface area (Å²) in [5, 5.41) is 8.90. The van der Waals surface area contributed by atoms with Crippen LogP contribution in [0.1, 0.15) is 19.4 Å². The zero-order chi connectivity index (χ0) is 11.0. The van der Waals surface area contributed by atoms with Crippen molar-refractivity contribution in [2.45, 2.75) is 20.5 Å².